The maximum Gasteiger partial charge on any atom is 0.180 e. The van der Waals surface area contributed by atoms with Crippen molar-refractivity contribution in [2.45, 2.75) is 27.3 Å². The van der Waals surface area contributed by atoms with Crippen molar-refractivity contribution in [2.75, 3.05) is 5.32 Å². The normalized spacial score (nSPS) is 10.9. The summed E-state index contributed by atoms with van der Waals surface area (Å²) < 4.78 is 16.4. The van der Waals surface area contributed by atoms with Gasteiger partial charge < -0.3 is 9.88 Å². The van der Waals surface area contributed by atoms with E-state index in [1.54, 1.807) is 29.2 Å². The maximum atomic E-state index is 14.6. The topological polar surface area (TPSA) is 68.5 Å². The van der Waals surface area contributed by atoms with Gasteiger partial charge >= 0.3 is 0 Å². The number of aryl methyl sites for hydroxylation is 2. The molecule has 0 fully saturated rings. The van der Waals surface area contributed by atoms with Crippen molar-refractivity contribution >= 4 is 5.82 Å². The first-order valence-electron chi connectivity index (χ1n) is 9.32. The molecule has 7 heteroatoms. The Morgan fingerprint density at radius 1 is 1.00 bits per heavy atom. The number of pyridine rings is 1. The maximum absolute atomic E-state index is 14.6. The highest BCUT2D eigenvalue weighted by Gasteiger charge is 2.12. The smallest absolute Gasteiger partial charge is 0.180 e. The van der Waals surface area contributed by atoms with E-state index in [9.17, 15) is 4.39 Å². The molecule has 0 aliphatic heterocycles. The second-order valence-corrected chi connectivity index (χ2v) is 6.80. The van der Waals surface area contributed by atoms with E-state index in [0.29, 0.717) is 29.6 Å². The van der Waals surface area contributed by atoms with E-state index in [4.69, 9.17) is 0 Å². The Bertz CT molecular complexity index is 1150. The number of hydrogen-bond acceptors (Lipinski definition) is 5. The van der Waals surface area contributed by atoms with Crippen molar-refractivity contribution in [1.82, 2.24) is 24.5 Å². The minimum Gasteiger partial charge on any atom is -0.366 e. The molecule has 3 heterocycles. The van der Waals surface area contributed by atoms with Gasteiger partial charge in [-0.25, -0.2) is 19.3 Å². The molecule has 0 aliphatic rings. The van der Waals surface area contributed by atoms with Crippen LogP contribution in [0, 0.1) is 26.6 Å². The highest BCUT2D eigenvalue weighted by molar-refractivity contribution is 5.56. The van der Waals surface area contributed by atoms with E-state index in [0.717, 1.165) is 22.6 Å². The van der Waals surface area contributed by atoms with Crippen LogP contribution in [0.1, 0.15) is 22.6 Å². The molecule has 29 heavy (non-hydrogen) atoms. The highest BCUT2D eigenvalue weighted by Crippen LogP contribution is 2.22. The van der Waals surface area contributed by atoms with Gasteiger partial charge in [0, 0.05) is 36.4 Å². The quantitative estimate of drug-likeness (QED) is 0.549. The lowest BCUT2D eigenvalue weighted by Crippen LogP contribution is -2.08. The predicted octanol–water partition coefficient (Wildman–Crippen LogP) is 4.40. The molecule has 1 N–H and O–H groups in total. The van der Waals surface area contributed by atoms with Crippen molar-refractivity contribution in [3.05, 3.63) is 83.5 Å². The van der Waals surface area contributed by atoms with E-state index in [1.807, 2.05) is 45.0 Å². The van der Waals surface area contributed by atoms with E-state index >= 15 is 0 Å². The minimum atomic E-state index is -0.296. The molecule has 0 spiro atoms. The first-order chi connectivity index (χ1) is 14.0. The molecular formula is C22H21FN6. The molecular weight excluding hydrogens is 367 g/mol. The number of anilines is 1. The van der Waals surface area contributed by atoms with Gasteiger partial charge in [0.25, 0.3) is 0 Å². The molecule has 4 aromatic rings. The number of benzene rings is 1. The SMILES string of the molecule is Cc1nc(-c2ccccn2)nc(NCc2ccc(-n3ccnc3C)c(F)c2)c1C. The summed E-state index contributed by atoms with van der Waals surface area (Å²) in [5.74, 6) is 1.72. The number of hydrogen-bond donors (Lipinski definition) is 1. The molecule has 0 aliphatic carbocycles. The van der Waals surface area contributed by atoms with Crippen LogP contribution in [0.25, 0.3) is 17.2 Å². The predicted molar refractivity (Wildman–Crippen MR) is 110 cm³/mol. The van der Waals surface area contributed by atoms with Crippen LogP contribution in [0.15, 0.2) is 55.0 Å². The zero-order chi connectivity index (χ0) is 20.4. The molecule has 0 saturated heterocycles. The van der Waals surface area contributed by atoms with Crippen LogP contribution < -0.4 is 5.32 Å². The fraction of sp³-hybridized carbons (Fsp3) is 0.182. The summed E-state index contributed by atoms with van der Waals surface area (Å²) in [6.45, 7) is 6.19. The Balaban J connectivity index is 1.57. The van der Waals surface area contributed by atoms with E-state index in [2.05, 4.69) is 25.3 Å². The van der Waals surface area contributed by atoms with Gasteiger partial charge in [-0.1, -0.05) is 12.1 Å². The van der Waals surface area contributed by atoms with Crippen LogP contribution in [0.3, 0.4) is 0 Å². The van der Waals surface area contributed by atoms with Gasteiger partial charge in [0.15, 0.2) is 5.82 Å². The molecule has 3 aromatic heterocycles. The largest absolute Gasteiger partial charge is 0.366 e. The third-order valence-electron chi connectivity index (χ3n) is 4.84. The third-order valence-corrected chi connectivity index (χ3v) is 4.84. The van der Waals surface area contributed by atoms with Crippen molar-refractivity contribution in [3.63, 3.8) is 0 Å². The van der Waals surface area contributed by atoms with E-state index < -0.39 is 0 Å². The zero-order valence-corrected chi connectivity index (χ0v) is 16.5. The van der Waals surface area contributed by atoms with Gasteiger partial charge in [-0.2, -0.15) is 0 Å². The van der Waals surface area contributed by atoms with Gasteiger partial charge in [-0.3, -0.25) is 4.98 Å². The summed E-state index contributed by atoms with van der Waals surface area (Å²) in [6, 6.07) is 10.8. The van der Waals surface area contributed by atoms with Crippen LogP contribution in [0.2, 0.25) is 0 Å². The number of rotatable bonds is 5. The van der Waals surface area contributed by atoms with Gasteiger partial charge in [0.2, 0.25) is 0 Å². The summed E-state index contributed by atoms with van der Waals surface area (Å²) in [7, 11) is 0. The Morgan fingerprint density at radius 2 is 1.86 bits per heavy atom. The minimum absolute atomic E-state index is 0.296. The van der Waals surface area contributed by atoms with Gasteiger partial charge in [-0.05, 0) is 50.6 Å². The standard InChI is InChI=1S/C22H21FN6/c1-14-15(2)27-22(19-6-4-5-9-25-19)28-21(14)26-13-17-7-8-20(18(23)12-17)29-11-10-24-16(29)3/h4-12H,13H2,1-3H3,(H,26,27,28). The van der Waals surface area contributed by atoms with Crippen LogP contribution in [0.5, 0.6) is 0 Å². The van der Waals surface area contributed by atoms with Gasteiger partial charge in [0.05, 0.1) is 5.69 Å². The molecule has 0 unspecified atom stereocenters. The van der Waals surface area contributed by atoms with Gasteiger partial charge in [0.1, 0.15) is 23.2 Å². The lowest BCUT2D eigenvalue weighted by atomic mass is 10.1. The summed E-state index contributed by atoms with van der Waals surface area (Å²) in [4.78, 5) is 17.6. The number of imidazole rings is 1. The highest BCUT2D eigenvalue weighted by atomic mass is 19.1. The molecule has 0 saturated carbocycles. The summed E-state index contributed by atoms with van der Waals surface area (Å²) in [6.07, 6.45) is 5.12. The number of halogens is 1. The molecule has 1 aromatic carbocycles. The van der Waals surface area contributed by atoms with Crippen LogP contribution in [-0.4, -0.2) is 24.5 Å². The number of nitrogens with one attached hydrogen (secondary N) is 1. The first kappa shape index (κ1) is 18.7. The van der Waals surface area contributed by atoms with E-state index in [1.165, 1.54) is 6.07 Å². The van der Waals surface area contributed by atoms with E-state index in [-0.39, 0.29) is 5.82 Å². The summed E-state index contributed by atoms with van der Waals surface area (Å²) in [5, 5.41) is 3.31. The summed E-state index contributed by atoms with van der Waals surface area (Å²) >= 11 is 0. The van der Waals surface area contributed by atoms with Gasteiger partial charge in [-0.15, -0.1) is 0 Å². The van der Waals surface area contributed by atoms with Crippen LogP contribution >= 0.6 is 0 Å². The molecule has 0 atom stereocenters. The molecule has 146 valence electrons. The second-order valence-electron chi connectivity index (χ2n) is 6.80. The monoisotopic (exact) mass is 388 g/mol. The fourth-order valence-electron chi connectivity index (χ4n) is 3.08. The molecule has 0 amide bonds. The Hall–Kier alpha value is -3.61. The fourth-order valence-corrected chi connectivity index (χ4v) is 3.08. The average molecular weight is 388 g/mol. The Kier molecular flexibility index (Phi) is 5.03. The Labute approximate surface area is 168 Å². The van der Waals surface area contributed by atoms with Crippen LogP contribution in [-0.2, 0) is 6.54 Å². The molecule has 0 radical (unpaired) electrons. The lowest BCUT2D eigenvalue weighted by Gasteiger charge is -2.13. The second kappa shape index (κ2) is 7.79. The van der Waals surface area contributed by atoms with Crippen molar-refractivity contribution in [3.8, 4) is 17.2 Å². The van der Waals surface area contributed by atoms with Crippen molar-refractivity contribution < 1.29 is 4.39 Å². The molecule has 6 nitrogen and oxygen atoms in total. The number of nitrogens with zero attached hydrogens (tertiary/aromatic N) is 5. The number of aromatic nitrogens is 5. The molecule has 4 rings (SSSR count). The first-order valence-corrected chi connectivity index (χ1v) is 9.32. The Morgan fingerprint density at radius 3 is 2.55 bits per heavy atom. The summed E-state index contributed by atoms with van der Waals surface area (Å²) in [5.41, 5.74) is 3.84. The van der Waals surface area contributed by atoms with Crippen molar-refractivity contribution in [1.29, 1.82) is 0 Å². The average Bonchev–Trinajstić information content (AvgIpc) is 3.15. The van der Waals surface area contributed by atoms with Crippen LogP contribution in [0.4, 0.5) is 10.2 Å². The van der Waals surface area contributed by atoms with Crippen molar-refractivity contribution in [2.24, 2.45) is 0 Å². The third kappa shape index (κ3) is 3.85. The lowest BCUT2D eigenvalue weighted by molar-refractivity contribution is 0.614. The zero-order valence-electron chi connectivity index (χ0n) is 16.5. The molecule has 0 bridgehead atoms.